The highest BCUT2D eigenvalue weighted by molar-refractivity contribution is 5.80. The van der Waals surface area contributed by atoms with Crippen LogP contribution in [0.1, 0.15) is 37.3 Å². The number of aromatic amines is 1. The Bertz CT molecular complexity index is 719. The molecule has 1 heterocycles. The van der Waals surface area contributed by atoms with Crippen molar-refractivity contribution < 1.29 is 4.79 Å². The highest BCUT2D eigenvalue weighted by Crippen LogP contribution is 2.15. The van der Waals surface area contributed by atoms with Gasteiger partial charge < -0.3 is 9.88 Å². The molecule has 1 aromatic heterocycles. The van der Waals surface area contributed by atoms with Crippen LogP contribution >= 0.6 is 0 Å². The predicted molar refractivity (Wildman–Crippen MR) is 90.2 cm³/mol. The maximum absolute atomic E-state index is 12.1. The number of fused-ring (bicyclic) bond motifs is 1. The minimum atomic E-state index is -0.0555. The van der Waals surface area contributed by atoms with Crippen molar-refractivity contribution in [2.45, 2.75) is 39.5 Å². The minimum absolute atomic E-state index is 0.0555. The molecule has 118 valence electrons. The molecule has 1 N–H and O–H groups in total. The molecule has 2 aromatic rings. The molecular weight excluding hydrogens is 276 g/mol. The molecule has 0 radical (unpaired) electrons. The van der Waals surface area contributed by atoms with Crippen molar-refractivity contribution in [1.29, 1.82) is 0 Å². The van der Waals surface area contributed by atoms with Crippen LogP contribution in [0.15, 0.2) is 29.1 Å². The summed E-state index contributed by atoms with van der Waals surface area (Å²) in [5.74, 6) is 0.172. The van der Waals surface area contributed by atoms with Crippen molar-refractivity contribution in [2.24, 2.45) is 0 Å². The molecule has 22 heavy (non-hydrogen) atoms. The average Bonchev–Trinajstić information content (AvgIpc) is 2.51. The van der Waals surface area contributed by atoms with Crippen LogP contribution in [-0.4, -0.2) is 29.4 Å². The SMILES string of the molecule is CCCCN(C)C(=O)CCc1ccc2cc(C)c(=O)[nH]c2c1. The number of hydrogen-bond donors (Lipinski definition) is 1. The summed E-state index contributed by atoms with van der Waals surface area (Å²) in [4.78, 5) is 28.4. The Labute approximate surface area is 131 Å². The highest BCUT2D eigenvalue weighted by Gasteiger charge is 2.08. The van der Waals surface area contributed by atoms with Gasteiger partial charge in [0.25, 0.3) is 5.56 Å². The lowest BCUT2D eigenvalue weighted by Crippen LogP contribution is -2.27. The lowest BCUT2D eigenvalue weighted by molar-refractivity contribution is -0.129. The molecule has 0 atom stereocenters. The molecule has 1 amide bonds. The Balaban J connectivity index is 2.04. The van der Waals surface area contributed by atoms with Crippen LogP contribution in [-0.2, 0) is 11.2 Å². The Kier molecular flexibility index (Phi) is 5.36. The van der Waals surface area contributed by atoms with E-state index in [-0.39, 0.29) is 11.5 Å². The van der Waals surface area contributed by atoms with Gasteiger partial charge >= 0.3 is 0 Å². The third-order valence-electron chi connectivity index (χ3n) is 4.00. The molecular formula is C18H24N2O2. The number of nitrogens with zero attached hydrogens (tertiary/aromatic N) is 1. The summed E-state index contributed by atoms with van der Waals surface area (Å²) in [6.45, 7) is 4.74. The smallest absolute Gasteiger partial charge is 0.251 e. The van der Waals surface area contributed by atoms with E-state index >= 15 is 0 Å². The van der Waals surface area contributed by atoms with Gasteiger partial charge in [-0.3, -0.25) is 9.59 Å². The van der Waals surface area contributed by atoms with E-state index in [1.807, 2.05) is 31.3 Å². The second kappa shape index (κ2) is 7.25. The molecule has 0 aliphatic rings. The number of benzene rings is 1. The van der Waals surface area contributed by atoms with Gasteiger partial charge in [0.2, 0.25) is 5.91 Å². The number of hydrogen-bond acceptors (Lipinski definition) is 2. The number of aromatic nitrogens is 1. The number of unbranched alkanes of at least 4 members (excludes halogenated alkanes) is 1. The van der Waals surface area contributed by atoms with Crippen LogP contribution in [0.4, 0.5) is 0 Å². The summed E-state index contributed by atoms with van der Waals surface area (Å²) in [5, 5.41) is 1.02. The first-order valence-electron chi connectivity index (χ1n) is 7.87. The van der Waals surface area contributed by atoms with Crippen LogP contribution in [0.2, 0.25) is 0 Å². The molecule has 0 unspecified atom stereocenters. The summed E-state index contributed by atoms with van der Waals surface area (Å²) in [7, 11) is 1.86. The third kappa shape index (κ3) is 3.97. The van der Waals surface area contributed by atoms with Gasteiger partial charge in [-0.15, -0.1) is 0 Å². The van der Waals surface area contributed by atoms with Crippen LogP contribution < -0.4 is 5.56 Å². The first-order chi connectivity index (χ1) is 10.5. The quantitative estimate of drug-likeness (QED) is 0.891. The number of pyridine rings is 1. The number of aryl methyl sites for hydroxylation is 2. The standard InChI is InChI=1S/C18H24N2O2/c1-4-5-10-20(3)17(21)9-7-14-6-8-15-11-13(2)18(22)19-16(15)12-14/h6,8,11-12H,4-5,7,9-10H2,1-3H3,(H,19,22). The summed E-state index contributed by atoms with van der Waals surface area (Å²) >= 11 is 0. The molecule has 0 bridgehead atoms. The predicted octanol–water partition coefficient (Wildman–Crippen LogP) is 3.03. The van der Waals surface area contributed by atoms with Gasteiger partial charge in [-0.1, -0.05) is 25.5 Å². The fourth-order valence-corrected chi connectivity index (χ4v) is 2.47. The van der Waals surface area contributed by atoms with Crippen molar-refractivity contribution in [1.82, 2.24) is 9.88 Å². The highest BCUT2D eigenvalue weighted by atomic mass is 16.2. The van der Waals surface area contributed by atoms with E-state index in [0.29, 0.717) is 18.4 Å². The summed E-state index contributed by atoms with van der Waals surface area (Å²) < 4.78 is 0. The Morgan fingerprint density at radius 1 is 1.27 bits per heavy atom. The largest absolute Gasteiger partial charge is 0.346 e. The molecule has 2 rings (SSSR count). The maximum atomic E-state index is 12.1. The van der Waals surface area contributed by atoms with Gasteiger partial charge in [0, 0.05) is 31.1 Å². The van der Waals surface area contributed by atoms with E-state index in [1.165, 1.54) is 0 Å². The van der Waals surface area contributed by atoms with Gasteiger partial charge in [0.1, 0.15) is 0 Å². The zero-order chi connectivity index (χ0) is 16.1. The van der Waals surface area contributed by atoms with E-state index in [1.54, 1.807) is 11.8 Å². The minimum Gasteiger partial charge on any atom is -0.346 e. The molecule has 0 fully saturated rings. The van der Waals surface area contributed by atoms with Crippen molar-refractivity contribution in [3.8, 4) is 0 Å². The number of carbonyl (C=O) groups excluding carboxylic acids is 1. The van der Waals surface area contributed by atoms with Crippen molar-refractivity contribution in [3.63, 3.8) is 0 Å². The van der Waals surface area contributed by atoms with Crippen LogP contribution in [0.5, 0.6) is 0 Å². The van der Waals surface area contributed by atoms with Gasteiger partial charge in [-0.25, -0.2) is 0 Å². The van der Waals surface area contributed by atoms with Crippen LogP contribution in [0, 0.1) is 6.92 Å². The first kappa shape index (κ1) is 16.3. The Hall–Kier alpha value is -2.10. The summed E-state index contributed by atoms with van der Waals surface area (Å²) in [6.07, 6.45) is 3.33. The van der Waals surface area contributed by atoms with Crippen LogP contribution in [0.3, 0.4) is 0 Å². The van der Waals surface area contributed by atoms with Gasteiger partial charge in [0.15, 0.2) is 0 Å². The number of carbonyl (C=O) groups is 1. The molecule has 1 aromatic carbocycles. The second-order valence-corrected chi connectivity index (χ2v) is 5.87. The lowest BCUT2D eigenvalue weighted by atomic mass is 10.1. The Morgan fingerprint density at radius 2 is 2.05 bits per heavy atom. The van der Waals surface area contributed by atoms with E-state index in [0.717, 1.165) is 35.9 Å². The number of rotatable bonds is 6. The zero-order valence-electron chi connectivity index (χ0n) is 13.6. The molecule has 4 heteroatoms. The third-order valence-corrected chi connectivity index (χ3v) is 4.00. The van der Waals surface area contributed by atoms with Crippen molar-refractivity contribution in [2.75, 3.05) is 13.6 Å². The fraction of sp³-hybridized carbons (Fsp3) is 0.444. The van der Waals surface area contributed by atoms with Crippen molar-refractivity contribution in [3.05, 3.63) is 45.7 Å². The van der Waals surface area contributed by atoms with E-state index in [2.05, 4.69) is 11.9 Å². The second-order valence-electron chi connectivity index (χ2n) is 5.87. The van der Waals surface area contributed by atoms with E-state index in [4.69, 9.17) is 0 Å². The van der Waals surface area contributed by atoms with Gasteiger partial charge in [-0.05, 0) is 42.8 Å². The number of nitrogens with one attached hydrogen (secondary N) is 1. The molecule has 0 aliphatic carbocycles. The zero-order valence-corrected chi connectivity index (χ0v) is 13.6. The fourth-order valence-electron chi connectivity index (χ4n) is 2.47. The topological polar surface area (TPSA) is 53.2 Å². The maximum Gasteiger partial charge on any atom is 0.251 e. The summed E-state index contributed by atoms with van der Waals surface area (Å²) in [6, 6.07) is 7.88. The van der Waals surface area contributed by atoms with Crippen molar-refractivity contribution >= 4 is 16.8 Å². The van der Waals surface area contributed by atoms with Crippen LogP contribution in [0.25, 0.3) is 10.9 Å². The Morgan fingerprint density at radius 3 is 2.77 bits per heavy atom. The lowest BCUT2D eigenvalue weighted by Gasteiger charge is -2.16. The molecule has 0 saturated heterocycles. The number of amides is 1. The van der Waals surface area contributed by atoms with E-state index in [9.17, 15) is 9.59 Å². The molecule has 0 aliphatic heterocycles. The molecule has 0 saturated carbocycles. The van der Waals surface area contributed by atoms with E-state index < -0.39 is 0 Å². The average molecular weight is 300 g/mol. The molecule has 0 spiro atoms. The molecule has 4 nitrogen and oxygen atoms in total. The van der Waals surface area contributed by atoms with Gasteiger partial charge in [0.05, 0.1) is 0 Å². The normalized spacial score (nSPS) is 10.9. The van der Waals surface area contributed by atoms with Gasteiger partial charge in [-0.2, -0.15) is 0 Å². The summed E-state index contributed by atoms with van der Waals surface area (Å²) in [5.41, 5.74) is 2.57. The first-order valence-corrected chi connectivity index (χ1v) is 7.87. The number of H-pyrrole nitrogens is 1. The monoisotopic (exact) mass is 300 g/mol.